The smallest absolute Gasteiger partial charge is 0.233 e. The summed E-state index contributed by atoms with van der Waals surface area (Å²) in [6, 6.07) is 11.8. The summed E-state index contributed by atoms with van der Waals surface area (Å²) in [5.41, 5.74) is 1.96. The summed E-state index contributed by atoms with van der Waals surface area (Å²) in [5, 5.41) is 2.98. The number of nitrogens with one attached hydrogen (secondary N) is 1. The lowest BCUT2D eigenvalue weighted by Gasteiger charge is -2.31. The highest BCUT2D eigenvalue weighted by molar-refractivity contribution is 8.01. The molecule has 2 aromatic heterocycles. The van der Waals surface area contributed by atoms with E-state index >= 15 is 0 Å². The predicted octanol–water partition coefficient (Wildman–Crippen LogP) is 3.34. The van der Waals surface area contributed by atoms with E-state index in [0.717, 1.165) is 20.1 Å². The normalized spacial score (nSPS) is 14.8. The van der Waals surface area contributed by atoms with E-state index in [1.54, 1.807) is 23.7 Å². The van der Waals surface area contributed by atoms with Crippen LogP contribution in [0.5, 0.6) is 0 Å². The molecular weight excluding hydrogens is 404 g/mol. The van der Waals surface area contributed by atoms with Gasteiger partial charge in [-0.1, -0.05) is 30.0 Å². The molecule has 3 heterocycles. The molecule has 0 atom stereocenters. The molecular formula is C21H22N4O2S2. The number of hydrogen-bond acceptors (Lipinski definition) is 6. The number of aromatic nitrogens is 2. The highest BCUT2D eigenvalue weighted by Gasteiger charge is 2.27. The number of thiazole rings is 1. The maximum atomic E-state index is 12.5. The number of para-hydroxylation sites is 1. The summed E-state index contributed by atoms with van der Waals surface area (Å²) in [7, 11) is 0. The molecule has 3 aromatic rings. The van der Waals surface area contributed by atoms with Crippen LogP contribution in [-0.2, 0) is 16.1 Å². The Bertz CT molecular complexity index is 952. The van der Waals surface area contributed by atoms with Crippen molar-refractivity contribution >= 4 is 45.1 Å². The van der Waals surface area contributed by atoms with Crippen molar-refractivity contribution in [3.05, 3.63) is 54.4 Å². The van der Waals surface area contributed by atoms with Gasteiger partial charge in [0.05, 0.1) is 16.0 Å². The number of pyridine rings is 1. The van der Waals surface area contributed by atoms with Crippen LogP contribution < -0.4 is 5.32 Å². The van der Waals surface area contributed by atoms with Crippen LogP contribution in [0.1, 0.15) is 18.4 Å². The van der Waals surface area contributed by atoms with Crippen molar-refractivity contribution in [3.63, 3.8) is 0 Å². The fraction of sp³-hybridized carbons (Fsp3) is 0.333. The number of carbonyl (C=O) groups excluding carboxylic acids is 2. The van der Waals surface area contributed by atoms with E-state index in [4.69, 9.17) is 0 Å². The van der Waals surface area contributed by atoms with E-state index in [1.165, 1.54) is 11.8 Å². The molecule has 1 aliphatic rings. The van der Waals surface area contributed by atoms with Crippen molar-refractivity contribution in [2.24, 2.45) is 5.92 Å². The van der Waals surface area contributed by atoms with E-state index in [9.17, 15) is 9.59 Å². The second kappa shape index (κ2) is 9.37. The predicted molar refractivity (Wildman–Crippen MR) is 116 cm³/mol. The quantitative estimate of drug-likeness (QED) is 0.612. The first-order valence-corrected chi connectivity index (χ1v) is 11.4. The van der Waals surface area contributed by atoms with Crippen LogP contribution >= 0.6 is 23.1 Å². The van der Waals surface area contributed by atoms with Gasteiger partial charge >= 0.3 is 0 Å². The van der Waals surface area contributed by atoms with E-state index < -0.39 is 0 Å². The molecule has 1 N–H and O–H groups in total. The molecule has 0 saturated carbocycles. The zero-order valence-corrected chi connectivity index (χ0v) is 17.5. The van der Waals surface area contributed by atoms with Crippen LogP contribution in [0.25, 0.3) is 10.2 Å². The Morgan fingerprint density at radius 3 is 2.76 bits per heavy atom. The van der Waals surface area contributed by atoms with Crippen LogP contribution in [0.4, 0.5) is 0 Å². The molecule has 1 aromatic carbocycles. The van der Waals surface area contributed by atoms with Gasteiger partial charge in [-0.15, -0.1) is 11.3 Å². The maximum Gasteiger partial charge on any atom is 0.233 e. The van der Waals surface area contributed by atoms with E-state index in [2.05, 4.69) is 15.3 Å². The number of carbonyl (C=O) groups is 2. The molecule has 1 fully saturated rings. The van der Waals surface area contributed by atoms with Crippen LogP contribution in [0.3, 0.4) is 0 Å². The van der Waals surface area contributed by atoms with Gasteiger partial charge in [-0.2, -0.15) is 0 Å². The Morgan fingerprint density at radius 2 is 2.00 bits per heavy atom. The Kier molecular flexibility index (Phi) is 6.41. The third kappa shape index (κ3) is 5.13. The van der Waals surface area contributed by atoms with Crippen LogP contribution in [0.15, 0.2) is 53.1 Å². The van der Waals surface area contributed by atoms with Gasteiger partial charge in [-0.3, -0.25) is 14.6 Å². The number of piperidine rings is 1. The number of benzene rings is 1. The Hall–Kier alpha value is -2.45. The molecule has 6 nitrogen and oxygen atoms in total. The molecule has 1 saturated heterocycles. The molecule has 0 radical (unpaired) electrons. The number of thioether (sulfide) groups is 1. The Morgan fingerprint density at radius 1 is 1.17 bits per heavy atom. The lowest BCUT2D eigenvalue weighted by atomic mass is 9.96. The molecule has 8 heteroatoms. The fourth-order valence-electron chi connectivity index (χ4n) is 3.35. The van der Waals surface area contributed by atoms with Crippen molar-refractivity contribution in [1.29, 1.82) is 0 Å². The largest absolute Gasteiger partial charge is 0.352 e. The van der Waals surface area contributed by atoms with Crippen LogP contribution in [0, 0.1) is 5.92 Å². The molecule has 0 aliphatic carbocycles. The van der Waals surface area contributed by atoms with Crippen molar-refractivity contribution in [2.45, 2.75) is 23.7 Å². The lowest BCUT2D eigenvalue weighted by molar-refractivity contribution is -0.133. The van der Waals surface area contributed by atoms with Crippen molar-refractivity contribution in [1.82, 2.24) is 20.2 Å². The van der Waals surface area contributed by atoms with E-state index in [0.29, 0.717) is 38.2 Å². The van der Waals surface area contributed by atoms with Crippen molar-refractivity contribution < 1.29 is 9.59 Å². The van der Waals surface area contributed by atoms with Gasteiger partial charge in [0.25, 0.3) is 0 Å². The number of likely N-dealkylation sites (tertiary alicyclic amines) is 1. The second-order valence-corrected chi connectivity index (χ2v) is 9.22. The van der Waals surface area contributed by atoms with Gasteiger partial charge < -0.3 is 10.2 Å². The van der Waals surface area contributed by atoms with Gasteiger partial charge in [0.1, 0.15) is 0 Å². The maximum absolute atomic E-state index is 12.5. The highest BCUT2D eigenvalue weighted by atomic mass is 32.2. The molecule has 0 unspecified atom stereocenters. The first kappa shape index (κ1) is 19.8. The third-order valence-corrected chi connectivity index (χ3v) is 7.17. The summed E-state index contributed by atoms with van der Waals surface area (Å²) in [5.74, 6) is 0.526. The summed E-state index contributed by atoms with van der Waals surface area (Å²) in [6.45, 7) is 1.75. The van der Waals surface area contributed by atoms with Crippen molar-refractivity contribution in [3.8, 4) is 0 Å². The lowest BCUT2D eigenvalue weighted by Crippen LogP contribution is -2.43. The number of nitrogens with zero attached hydrogens (tertiary/aromatic N) is 3. The standard InChI is InChI=1S/C21H22N4O2S2/c26-19(14-28-21-24-17-5-1-2-6-18(17)29-21)25-10-7-16(8-11-25)20(27)23-13-15-4-3-9-22-12-15/h1-6,9,12,16H,7-8,10-11,13-14H2,(H,23,27). The van der Waals surface area contributed by atoms with Gasteiger partial charge in [-0.25, -0.2) is 4.98 Å². The summed E-state index contributed by atoms with van der Waals surface area (Å²) < 4.78 is 2.06. The van der Waals surface area contributed by atoms with Gasteiger partial charge in [0.2, 0.25) is 11.8 Å². The van der Waals surface area contributed by atoms with Gasteiger partial charge in [0.15, 0.2) is 4.34 Å². The zero-order valence-electron chi connectivity index (χ0n) is 15.9. The highest BCUT2D eigenvalue weighted by Crippen LogP contribution is 2.29. The molecule has 2 amide bonds. The molecule has 0 bridgehead atoms. The molecule has 29 heavy (non-hydrogen) atoms. The fourth-order valence-corrected chi connectivity index (χ4v) is 5.33. The average molecular weight is 427 g/mol. The van der Waals surface area contributed by atoms with Crippen LogP contribution in [-0.4, -0.2) is 45.5 Å². The minimum atomic E-state index is -0.0346. The number of fused-ring (bicyclic) bond motifs is 1. The topological polar surface area (TPSA) is 75.2 Å². The van der Waals surface area contributed by atoms with Gasteiger partial charge in [0, 0.05) is 37.9 Å². The Labute approximate surface area is 177 Å². The molecule has 1 aliphatic heterocycles. The third-order valence-electron chi connectivity index (χ3n) is 5.00. The first-order valence-electron chi connectivity index (χ1n) is 9.62. The summed E-state index contributed by atoms with van der Waals surface area (Å²) in [6.07, 6.45) is 4.88. The summed E-state index contributed by atoms with van der Waals surface area (Å²) >= 11 is 3.11. The van der Waals surface area contributed by atoms with E-state index in [1.807, 2.05) is 41.3 Å². The minimum absolute atomic E-state index is 0.0346. The minimum Gasteiger partial charge on any atom is -0.352 e. The first-order chi connectivity index (χ1) is 14.2. The molecule has 0 spiro atoms. The zero-order chi connectivity index (χ0) is 20.1. The van der Waals surface area contributed by atoms with Crippen molar-refractivity contribution in [2.75, 3.05) is 18.8 Å². The summed E-state index contributed by atoms with van der Waals surface area (Å²) in [4.78, 5) is 35.4. The SMILES string of the molecule is O=C(NCc1cccnc1)C1CCN(C(=O)CSc2nc3ccccc3s2)CC1. The average Bonchev–Trinajstić information content (AvgIpc) is 3.20. The molecule has 150 valence electrons. The Balaban J connectivity index is 1.21. The number of amides is 2. The monoisotopic (exact) mass is 426 g/mol. The van der Waals surface area contributed by atoms with Gasteiger partial charge in [-0.05, 0) is 36.6 Å². The number of rotatable bonds is 6. The number of hydrogen-bond donors (Lipinski definition) is 1. The van der Waals surface area contributed by atoms with E-state index in [-0.39, 0.29) is 17.7 Å². The molecule has 4 rings (SSSR count). The second-order valence-electron chi connectivity index (χ2n) is 6.97. The van der Waals surface area contributed by atoms with Crippen LogP contribution in [0.2, 0.25) is 0 Å².